The monoisotopic (exact) mass is 248 g/mol. The van der Waals surface area contributed by atoms with Crippen LogP contribution in [-0.2, 0) is 9.53 Å². The molecule has 2 rings (SSSR count). The van der Waals surface area contributed by atoms with Crippen LogP contribution in [0, 0.1) is 0 Å². The molecule has 0 aromatic heterocycles. The number of halogens is 2. The first-order valence-corrected chi connectivity index (χ1v) is 5.99. The summed E-state index contributed by atoms with van der Waals surface area (Å²) >= 11 is 0. The first-order chi connectivity index (χ1) is 8.02. The zero-order valence-corrected chi connectivity index (χ0v) is 9.62. The van der Waals surface area contributed by atoms with Crippen molar-refractivity contribution in [3.8, 4) is 0 Å². The minimum atomic E-state index is -2.46. The molecular formula is C11H18F2N2O2. The molecule has 3 N–H and O–H groups in total. The SMILES string of the molecule is NC(=O)C1(NC2CC2)CCC(OCC(F)F)C1. The first kappa shape index (κ1) is 12.7. The standard InChI is InChI=1S/C11H18F2N2O2/c12-9(13)6-17-8-3-4-11(5-8,10(14)16)15-7-1-2-7/h7-9,15H,1-6H2,(H2,14,16). The number of carbonyl (C=O) groups excluding carboxylic acids is 1. The van der Waals surface area contributed by atoms with Gasteiger partial charge in [0.15, 0.2) is 0 Å². The minimum Gasteiger partial charge on any atom is -0.372 e. The quantitative estimate of drug-likeness (QED) is 0.730. The van der Waals surface area contributed by atoms with Gasteiger partial charge < -0.3 is 15.8 Å². The molecule has 0 aromatic carbocycles. The van der Waals surface area contributed by atoms with Crippen molar-refractivity contribution in [2.24, 2.45) is 5.73 Å². The number of ether oxygens (including phenoxy) is 1. The maximum absolute atomic E-state index is 12.0. The zero-order valence-electron chi connectivity index (χ0n) is 9.62. The number of primary amides is 1. The molecule has 2 aliphatic rings. The van der Waals surface area contributed by atoms with Gasteiger partial charge in [-0.1, -0.05) is 0 Å². The van der Waals surface area contributed by atoms with Crippen LogP contribution in [0.25, 0.3) is 0 Å². The van der Waals surface area contributed by atoms with E-state index in [0.717, 1.165) is 12.8 Å². The van der Waals surface area contributed by atoms with Crippen molar-refractivity contribution in [3.05, 3.63) is 0 Å². The van der Waals surface area contributed by atoms with Crippen LogP contribution in [0.5, 0.6) is 0 Å². The molecule has 17 heavy (non-hydrogen) atoms. The summed E-state index contributed by atoms with van der Waals surface area (Å²) in [6, 6.07) is 0.358. The predicted octanol–water partition coefficient (Wildman–Crippen LogP) is 0.797. The van der Waals surface area contributed by atoms with Gasteiger partial charge in [-0.15, -0.1) is 0 Å². The summed E-state index contributed by atoms with van der Waals surface area (Å²) in [5, 5.41) is 3.24. The van der Waals surface area contributed by atoms with Gasteiger partial charge in [0, 0.05) is 12.5 Å². The largest absolute Gasteiger partial charge is 0.372 e. The maximum atomic E-state index is 12.0. The van der Waals surface area contributed by atoms with Crippen molar-refractivity contribution in [2.45, 2.75) is 56.2 Å². The summed E-state index contributed by atoms with van der Waals surface area (Å²) in [6.45, 7) is -0.567. The normalized spacial score (nSPS) is 33.2. The zero-order chi connectivity index (χ0) is 12.5. The Morgan fingerprint density at radius 3 is 2.71 bits per heavy atom. The number of carbonyl (C=O) groups is 1. The molecule has 0 aliphatic heterocycles. The van der Waals surface area contributed by atoms with Crippen molar-refractivity contribution in [2.75, 3.05) is 6.61 Å². The molecule has 6 heteroatoms. The Balaban J connectivity index is 1.88. The lowest BCUT2D eigenvalue weighted by Crippen LogP contribution is -2.54. The van der Waals surface area contributed by atoms with Crippen LogP contribution in [0.15, 0.2) is 0 Å². The van der Waals surface area contributed by atoms with Gasteiger partial charge in [0.05, 0.1) is 6.10 Å². The predicted molar refractivity (Wildman–Crippen MR) is 57.7 cm³/mol. The van der Waals surface area contributed by atoms with E-state index >= 15 is 0 Å². The molecule has 4 nitrogen and oxygen atoms in total. The second-order valence-electron chi connectivity index (χ2n) is 4.95. The summed E-state index contributed by atoms with van der Waals surface area (Å²) in [4.78, 5) is 11.5. The van der Waals surface area contributed by atoms with E-state index in [4.69, 9.17) is 10.5 Å². The molecule has 0 aromatic rings. The molecule has 0 spiro atoms. The van der Waals surface area contributed by atoms with E-state index in [1.807, 2.05) is 0 Å². The van der Waals surface area contributed by atoms with Crippen LogP contribution < -0.4 is 11.1 Å². The molecule has 2 unspecified atom stereocenters. The topological polar surface area (TPSA) is 64.4 Å². The van der Waals surface area contributed by atoms with E-state index in [0.29, 0.717) is 25.3 Å². The summed E-state index contributed by atoms with van der Waals surface area (Å²) < 4.78 is 29.1. The van der Waals surface area contributed by atoms with Crippen LogP contribution in [0.4, 0.5) is 8.78 Å². The lowest BCUT2D eigenvalue weighted by molar-refractivity contribution is -0.124. The van der Waals surface area contributed by atoms with Crippen LogP contribution in [0.1, 0.15) is 32.1 Å². The van der Waals surface area contributed by atoms with Gasteiger partial charge in [0.25, 0.3) is 6.43 Å². The van der Waals surface area contributed by atoms with Crippen molar-refractivity contribution >= 4 is 5.91 Å². The molecule has 0 heterocycles. The highest BCUT2D eigenvalue weighted by molar-refractivity contribution is 5.85. The highest BCUT2D eigenvalue weighted by Crippen LogP contribution is 2.35. The van der Waals surface area contributed by atoms with Crippen LogP contribution >= 0.6 is 0 Å². The third-order valence-corrected chi connectivity index (χ3v) is 3.46. The maximum Gasteiger partial charge on any atom is 0.261 e. The summed E-state index contributed by atoms with van der Waals surface area (Å²) in [5.41, 5.74) is 4.68. The van der Waals surface area contributed by atoms with Crippen molar-refractivity contribution in [1.29, 1.82) is 0 Å². The summed E-state index contributed by atoms with van der Waals surface area (Å²) in [6.07, 6.45) is 0.945. The smallest absolute Gasteiger partial charge is 0.261 e. The Bertz CT molecular complexity index is 297. The Hall–Kier alpha value is -0.750. The Labute approximate surface area is 98.9 Å². The number of hydrogen-bond acceptors (Lipinski definition) is 3. The Morgan fingerprint density at radius 1 is 1.47 bits per heavy atom. The summed E-state index contributed by atoms with van der Waals surface area (Å²) in [5.74, 6) is -0.396. The first-order valence-electron chi connectivity index (χ1n) is 5.99. The van der Waals surface area contributed by atoms with E-state index in [9.17, 15) is 13.6 Å². The number of nitrogens with two attached hydrogens (primary N) is 1. The number of nitrogens with one attached hydrogen (secondary N) is 1. The van der Waals surface area contributed by atoms with Crippen molar-refractivity contribution in [1.82, 2.24) is 5.32 Å². The molecule has 2 atom stereocenters. The van der Waals surface area contributed by atoms with E-state index in [1.165, 1.54) is 0 Å². The molecule has 98 valence electrons. The molecule has 0 saturated heterocycles. The number of hydrogen-bond donors (Lipinski definition) is 2. The van der Waals surface area contributed by atoms with Crippen LogP contribution in [0.2, 0.25) is 0 Å². The average molecular weight is 248 g/mol. The molecule has 2 saturated carbocycles. The second kappa shape index (κ2) is 4.86. The average Bonchev–Trinajstić information content (AvgIpc) is 2.94. The third-order valence-electron chi connectivity index (χ3n) is 3.46. The fourth-order valence-corrected chi connectivity index (χ4v) is 2.40. The fourth-order valence-electron chi connectivity index (χ4n) is 2.40. The fraction of sp³-hybridized carbons (Fsp3) is 0.909. The third kappa shape index (κ3) is 3.13. The molecule has 0 bridgehead atoms. The number of alkyl halides is 2. The van der Waals surface area contributed by atoms with Gasteiger partial charge in [-0.25, -0.2) is 8.78 Å². The van der Waals surface area contributed by atoms with Gasteiger partial charge in [0.2, 0.25) is 5.91 Å². The lowest BCUT2D eigenvalue weighted by Gasteiger charge is -2.27. The van der Waals surface area contributed by atoms with Crippen LogP contribution in [-0.4, -0.2) is 36.6 Å². The van der Waals surface area contributed by atoms with Gasteiger partial charge in [0.1, 0.15) is 12.1 Å². The van der Waals surface area contributed by atoms with E-state index in [1.54, 1.807) is 0 Å². The number of amides is 1. The number of rotatable bonds is 6. The van der Waals surface area contributed by atoms with Crippen molar-refractivity contribution in [3.63, 3.8) is 0 Å². The van der Waals surface area contributed by atoms with E-state index in [2.05, 4.69) is 5.32 Å². The highest BCUT2D eigenvalue weighted by atomic mass is 19.3. The second-order valence-corrected chi connectivity index (χ2v) is 4.95. The Morgan fingerprint density at radius 2 is 2.18 bits per heavy atom. The molecule has 0 radical (unpaired) electrons. The summed E-state index contributed by atoms with van der Waals surface area (Å²) in [7, 11) is 0. The van der Waals surface area contributed by atoms with E-state index in [-0.39, 0.29) is 6.10 Å². The minimum absolute atomic E-state index is 0.289. The van der Waals surface area contributed by atoms with Crippen LogP contribution in [0.3, 0.4) is 0 Å². The van der Waals surface area contributed by atoms with E-state index < -0.39 is 24.5 Å². The van der Waals surface area contributed by atoms with Gasteiger partial charge in [-0.05, 0) is 25.7 Å². The molecule has 1 amide bonds. The lowest BCUT2D eigenvalue weighted by atomic mass is 9.96. The van der Waals surface area contributed by atoms with Gasteiger partial charge >= 0.3 is 0 Å². The van der Waals surface area contributed by atoms with Gasteiger partial charge in [-0.3, -0.25) is 4.79 Å². The van der Waals surface area contributed by atoms with Crippen molar-refractivity contribution < 1.29 is 18.3 Å². The highest BCUT2D eigenvalue weighted by Gasteiger charge is 2.47. The van der Waals surface area contributed by atoms with Gasteiger partial charge in [-0.2, -0.15) is 0 Å². The molecular weight excluding hydrogens is 230 g/mol. The molecule has 2 aliphatic carbocycles. The molecule has 2 fully saturated rings. The Kier molecular flexibility index (Phi) is 3.63.